The summed E-state index contributed by atoms with van der Waals surface area (Å²) in [5.41, 5.74) is 7.45. The van der Waals surface area contributed by atoms with E-state index in [-0.39, 0.29) is 11.7 Å². The lowest BCUT2D eigenvalue weighted by Gasteiger charge is -2.08. The van der Waals surface area contributed by atoms with Gasteiger partial charge < -0.3 is 15.8 Å². The molecule has 7 heteroatoms. The second-order valence-corrected chi connectivity index (χ2v) is 6.14. The van der Waals surface area contributed by atoms with Gasteiger partial charge in [0.1, 0.15) is 5.75 Å². The largest absolute Gasteiger partial charge is 0.494 e. The first-order valence-corrected chi connectivity index (χ1v) is 8.32. The molecular formula is C14H17N3O2S2. The Bertz CT molecular complexity index is 628. The highest BCUT2D eigenvalue weighted by molar-refractivity contribution is 8.00. The predicted molar refractivity (Wildman–Crippen MR) is 88.2 cm³/mol. The highest BCUT2D eigenvalue weighted by atomic mass is 32.2. The molecule has 0 fully saturated rings. The number of aromatic nitrogens is 1. The molecule has 0 aliphatic carbocycles. The van der Waals surface area contributed by atoms with Gasteiger partial charge in [-0.05, 0) is 32.0 Å². The number of nitrogen functional groups attached to an aromatic ring is 1. The maximum Gasteiger partial charge on any atom is 0.236 e. The van der Waals surface area contributed by atoms with Crippen LogP contribution in [0, 0.1) is 6.92 Å². The van der Waals surface area contributed by atoms with Gasteiger partial charge in [-0.1, -0.05) is 0 Å². The molecule has 0 bridgehead atoms. The summed E-state index contributed by atoms with van der Waals surface area (Å²) in [7, 11) is 0. The van der Waals surface area contributed by atoms with Crippen LogP contribution in [0.4, 0.5) is 10.8 Å². The number of thiazole rings is 1. The third-order valence-corrected chi connectivity index (χ3v) is 4.47. The minimum absolute atomic E-state index is 0.101. The number of amides is 1. The van der Waals surface area contributed by atoms with E-state index in [0.717, 1.165) is 16.3 Å². The van der Waals surface area contributed by atoms with E-state index in [1.54, 1.807) is 6.07 Å². The van der Waals surface area contributed by atoms with Crippen LogP contribution >= 0.6 is 23.1 Å². The summed E-state index contributed by atoms with van der Waals surface area (Å²) < 4.78 is 5.43. The van der Waals surface area contributed by atoms with Gasteiger partial charge in [-0.25, -0.2) is 4.98 Å². The third kappa shape index (κ3) is 4.64. The lowest BCUT2D eigenvalue weighted by atomic mass is 10.3. The van der Waals surface area contributed by atoms with Crippen LogP contribution in [-0.2, 0) is 4.79 Å². The maximum atomic E-state index is 11.9. The minimum atomic E-state index is -0.101. The van der Waals surface area contributed by atoms with Crippen LogP contribution < -0.4 is 15.8 Å². The van der Waals surface area contributed by atoms with Gasteiger partial charge in [0.2, 0.25) is 5.91 Å². The lowest BCUT2D eigenvalue weighted by molar-refractivity contribution is -0.113. The molecule has 0 radical (unpaired) electrons. The van der Waals surface area contributed by atoms with Crippen LogP contribution in [0.1, 0.15) is 12.6 Å². The summed E-state index contributed by atoms with van der Waals surface area (Å²) in [5, 5.41) is 5.28. The highest BCUT2D eigenvalue weighted by Gasteiger charge is 2.09. The van der Waals surface area contributed by atoms with Crippen LogP contribution in [0.15, 0.2) is 28.5 Å². The van der Waals surface area contributed by atoms with E-state index >= 15 is 0 Å². The molecule has 112 valence electrons. The Morgan fingerprint density at radius 3 is 3.00 bits per heavy atom. The van der Waals surface area contributed by atoms with Crippen LogP contribution in [0.3, 0.4) is 0 Å². The number of nitrogens with one attached hydrogen (secondary N) is 1. The minimum Gasteiger partial charge on any atom is -0.494 e. The number of nitrogens with two attached hydrogens (primary N) is 1. The van der Waals surface area contributed by atoms with Crippen molar-refractivity contribution in [1.82, 2.24) is 4.98 Å². The number of rotatable bonds is 6. The van der Waals surface area contributed by atoms with Gasteiger partial charge in [0.25, 0.3) is 0 Å². The first-order chi connectivity index (χ1) is 10.1. The van der Waals surface area contributed by atoms with E-state index in [9.17, 15) is 4.79 Å². The van der Waals surface area contributed by atoms with Gasteiger partial charge in [-0.2, -0.15) is 0 Å². The van der Waals surface area contributed by atoms with Crippen molar-refractivity contribution in [2.75, 3.05) is 23.4 Å². The number of aryl methyl sites for hydroxylation is 1. The zero-order valence-electron chi connectivity index (χ0n) is 11.9. The van der Waals surface area contributed by atoms with Crippen molar-refractivity contribution in [3.8, 4) is 5.75 Å². The summed E-state index contributed by atoms with van der Waals surface area (Å²) in [6.07, 6.45) is 0. The molecule has 5 nitrogen and oxygen atoms in total. The van der Waals surface area contributed by atoms with Gasteiger partial charge in [0, 0.05) is 16.0 Å². The van der Waals surface area contributed by atoms with Crippen LogP contribution in [-0.4, -0.2) is 23.3 Å². The Kier molecular flexibility index (Phi) is 5.46. The number of carbonyl (C=O) groups is 1. The monoisotopic (exact) mass is 323 g/mol. The summed E-state index contributed by atoms with van der Waals surface area (Å²) in [4.78, 5) is 16.9. The molecule has 1 aromatic heterocycles. The van der Waals surface area contributed by atoms with Gasteiger partial charge in [-0.15, -0.1) is 23.1 Å². The van der Waals surface area contributed by atoms with E-state index < -0.39 is 0 Å². The molecule has 0 unspecified atom stereocenters. The molecule has 0 atom stereocenters. The number of anilines is 2. The molecule has 0 saturated carbocycles. The Morgan fingerprint density at radius 1 is 1.52 bits per heavy atom. The van der Waals surface area contributed by atoms with Crippen molar-refractivity contribution >= 4 is 39.8 Å². The smallest absolute Gasteiger partial charge is 0.236 e. The quantitative estimate of drug-likeness (QED) is 0.631. The van der Waals surface area contributed by atoms with Crippen LogP contribution in [0.2, 0.25) is 0 Å². The molecule has 1 amide bonds. The average molecular weight is 323 g/mol. The molecule has 3 N–H and O–H groups in total. The number of nitrogens with zero attached hydrogens (tertiary/aromatic N) is 1. The van der Waals surface area contributed by atoms with Crippen LogP contribution in [0.5, 0.6) is 5.75 Å². The highest BCUT2D eigenvalue weighted by Crippen LogP contribution is 2.29. The summed E-state index contributed by atoms with van der Waals surface area (Å²) in [6.45, 7) is 4.41. The zero-order chi connectivity index (χ0) is 15.2. The fraction of sp³-hybridized carbons (Fsp3) is 0.286. The number of thioether (sulfide) groups is 1. The molecule has 0 aliphatic heterocycles. The SMILES string of the molecule is CCOc1ccc(N)c(SCC(=O)Nc2nc(C)cs2)c1. The van der Waals surface area contributed by atoms with E-state index in [1.807, 2.05) is 31.4 Å². The van der Waals surface area contributed by atoms with Crippen molar-refractivity contribution in [1.29, 1.82) is 0 Å². The topological polar surface area (TPSA) is 77.2 Å². The summed E-state index contributed by atoms with van der Waals surface area (Å²) in [5.74, 6) is 0.930. The van der Waals surface area contributed by atoms with Gasteiger partial charge >= 0.3 is 0 Å². The van der Waals surface area contributed by atoms with E-state index in [2.05, 4.69) is 10.3 Å². The molecular weight excluding hydrogens is 306 g/mol. The van der Waals surface area contributed by atoms with Crippen molar-refractivity contribution in [3.05, 3.63) is 29.3 Å². The number of hydrogen-bond donors (Lipinski definition) is 2. The average Bonchev–Trinajstić information content (AvgIpc) is 2.85. The molecule has 21 heavy (non-hydrogen) atoms. The second kappa shape index (κ2) is 7.33. The summed E-state index contributed by atoms with van der Waals surface area (Å²) in [6, 6.07) is 5.46. The second-order valence-electron chi connectivity index (χ2n) is 4.26. The van der Waals surface area contributed by atoms with Gasteiger partial charge in [-0.3, -0.25) is 4.79 Å². The zero-order valence-corrected chi connectivity index (χ0v) is 13.5. The molecule has 2 rings (SSSR count). The van der Waals surface area contributed by atoms with E-state index in [4.69, 9.17) is 10.5 Å². The molecule has 1 aromatic carbocycles. The number of ether oxygens (including phenoxy) is 1. The van der Waals surface area contributed by atoms with E-state index in [1.165, 1.54) is 23.1 Å². The Morgan fingerprint density at radius 2 is 2.33 bits per heavy atom. The maximum absolute atomic E-state index is 11.9. The normalized spacial score (nSPS) is 10.4. The van der Waals surface area contributed by atoms with Crippen molar-refractivity contribution in [2.45, 2.75) is 18.7 Å². The number of hydrogen-bond acceptors (Lipinski definition) is 6. The van der Waals surface area contributed by atoms with Crippen LogP contribution in [0.25, 0.3) is 0 Å². The standard InChI is InChI=1S/C14H17N3O2S2/c1-3-19-10-4-5-11(15)12(6-10)20-8-13(18)17-14-16-9(2)7-21-14/h4-7H,3,8,15H2,1-2H3,(H,16,17,18). The van der Waals surface area contributed by atoms with Gasteiger partial charge in [0.05, 0.1) is 18.1 Å². The first-order valence-electron chi connectivity index (χ1n) is 6.45. The fourth-order valence-electron chi connectivity index (χ4n) is 1.61. The molecule has 0 saturated heterocycles. The Hall–Kier alpha value is -1.73. The lowest BCUT2D eigenvalue weighted by Crippen LogP contribution is -2.14. The van der Waals surface area contributed by atoms with Gasteiger partial charge in [0.15, 0.2) is 5.13 Å². The predicted octanol–water partition coefficient (Wildman–Crippen LogP) is 3.16. The third-order valence-electron chi connectivity index (χ3n) is 2.52. The Labute approximate surface area is 131 Å². The number of carbonyl (C=O) groups excluding carboxylic acids is 1. The first kappa shape index (κ1) is 15.7. The van der Waals surface area contributed by atoms with E-state index in [0.29, 0.717) is 17.4 Å². The molecule has 0 aliphatic rings. The Balaban J connectivity index is 1.92. The summed E-state index contributed by atoms with van der Waals surface area (Å²) >= 11 is 2.80. The van der Waals surface area contributed by atoms with Crippen molar-refractivity contribution in [2.24, 2.45) is 0 Å². The van der Waals surface area contributed by atoms with Crippen molar-refractivity contribution < 1.29 is 9.53 Å². The molecule has 2 aromatic rings. The fourth-order valence-corrected chi connectivity index (χ4v) is 3.10. The van der Waals surface area contributed by atoms with Crippen molar-refractivity contribution in [3.63, 3.8) is 0 Å². The molecule has 1 heterocycles. The number of benzene rings is 1. The molecule has 0 spiro atoms.